The molecule has 0 radical (unpaired) electrons. The zero-order chi connectivity index (χ0) is 13.2. The molecule has 0 bridgehead atoms. The first-order chi connectivity index (χ1) is 7.84. The fraction of sp³-hybridized carbons (Fsp3) is 0.417. The average molecular weight is 261 g/mol. The minimum atomic E-state index is -1.17. The summed E-state index contributed by atoms with van der Waals surface area (Å²) in [7, 11) is 0. The molecule has 0 heterocycles. The largest absolute Gasteiger partial charge is 0.481 e. The topological polar surface area (TPSA) is 57.5 Å². The number of benzene rings is 1. The van der Waals surface area contributed by atoms with E-state index in [1.807, 2.05) is 0 Å². The summed E-state index contributed by atoms with van der Waals surface area (Å²) in [6.45, 7) is 3.04. The molecule has 1 aromatic carbocycles. The Morgan fingerprint density at radius 2 is 2.00 bits per heavy atom. The van der Waals surface area contributed by atoms with E-state index >= 15 is 0 Å². The number of carbonyl (C=O) groups is 1. The molecule has 3 nitrogen and oxygen atoms in total. The van der Waals surface area contributed by atoms with Crippen molar-refractivity contribution in [1.29, 1.82) is 0 Å². The van der Waals surface area contributed by atoms with Crippen molar-refractivity contribution in [3.05, 3.63) is 34.6 Å². The van der Waals surface area contributed by atoms with Crippen LogP contribution in [0.1, 0.15) is 25.5 Å². The van der Waals surface area contributed by atoms with Gasteiger partial charge in [0.15, 0.2) is 0 Å². The maximum absolute atomic E-state index is 13.5. The molecule has 0 fully saturated rings. The highest BCUT2D eigenvalue weighted by Gasteiger charge is 2.28. The molecular formula is C12H14ClFO3. The predicted molar refractivity (Wildman–Crippen MR) is 62.3 cm³/mol. The van der Waals surface area contributed by atoms with Crippen LogP contribution in [0.3, 0.4) is 0 Å². The highest BCUT2D eigenvalue weighted by atomic mass is 35.5. The number of rotatable bonds is 4. The monoisotopic (exact) mass is 260 g/mol. The van der Waals surface area contributed by atoms with Crippen LogP contribution in [0.15, 0.2) is 18.2 Å². The smallest absolute Gasteiger partial charge is 0.306 e. The third kappa shape index (κ3) is 3.17. The van der Waals surface area contributed by atoms with Crippen LogP contribution < -0.4 is 0 Å². The van der Waals surface area contributed by atoms with Crippen LogP contribution in [-0.4, -0.2) is 16.2 Å². The molecule has 3 unspecified atom stereocenters. The normalized spacial score (nSPS) is 16.3. The second-order valence-electron chi connectivity index (χ2n) is 4.10. The molecule has 3 atom stereocenters. The van der Waals surface area contributed by atoms with Gasteiger partial charge < -0.3 is 10.2 Å². The van der Waals surface area contributed by atoms with Crippen LogP contribution >= 0.6 is 11.6 Å². The Kier molecular flexibility index (Phi) is 4.48. The van der Waals surface area contributed by atoms with E-state index in [9.17, 15) is 14.3 Å². The minimum Gasteiger partial charge on any atom is -0.481 e. The third-order valence-corrected chi connectivity index (χ3v) is 3.19. The summed E-state index contributed by atoms with van der Waals surface area (Å²) in [5.74, 6) is -3.01. The van der Waals surface area contributed by atoms with Gasteiger partial charge in [-0.1, -0.05) is 31.5 Å². The zero-order valence-electron chi connectivity index (χ0n) is 9.52. The van der Waals surface area contributed by atoms with Gasteiger partial charge in [0, 0.05) is 10.6 Å². The Labute approximate surface area is 104 Å². The molecule has 1 rings (SSSR count). The highest BCUT2D eigenvalue weighted by molar-refractivity contribution is 6.30. The lowest BCUT2D eigenvalue weighted by Gasteiger charge is -2.23. The van der Waals surface area contributed by atoms with E-state index in [2.05, 4.69) is 0 Å². The van der Waals surface area contributed by atoms with E-state index in [0.29, 0.717) is 0 Å². The van der Waals surface area contributed by atoms with Crippen molar-refractivity contribution in [3.63, 3.8) is 0 Å². The summed E-state index contributed by atoms with van der Waals surface area (Å²) in [6, 6.07) is 3.92. The number of carboxylic acids is 1. The summed E-state index contributed by atoms with van der Waals surface area (Å²) in [6.07, 6.45) is -1.17. The van der Waals surface area contributed by atoms with E-state index in [1.165, 1.54) is 19.1 Å². The average Bonchev–Trinajstić information content (AvgIpc) is 2.26. The number of carboxylic acid groups (broad SMARTS) is 1. The summed E-state index contributed by atoms with van der Waals surface area (Å²) in [5.41, 5.74) is 0.0648. The summed E-state index contributed by atoms with van der Waals surface area (Å²) >= 11 is 5.60. The zero-order valence-corrected chi connectivity index (χ0v) is 10.3. The van der Waals surface area contributed by atoms with Gasteiger partial charge in [0.2, 0.25) is 0 Å². The minimum absolute atomic E-state index is 0.0648. The van der Waals surface area contributed by atoms with Crippen molar-refractivity contribution in [2.75, 3.05) is 0 Å². The Morgan fingerprint density at radius 3 is 2.47 bits per heavy atom. The van der Waals surface area contributed by atoms with E-state index in [1.54, 1.807) is 6.92 Å². The van der Waals surface area contributed by atoms with Crippen molar-refractivity contribution in [1.82, 2.24) is 0 Å². The molecule has 0 aromatic heterocycles. The number of aliphatic hydroxyl groups is 1. The predicted octanol–water partition coefficient (Wildman–Crippen LogP) is 2.87. The highest BCUT2D eigenvalue weighted by Crippen LogP contribution is 2.30. The van der Waals surface area contributed by atoms with Gasteiger partial charge in [-0.2, -0.15) is 0 Å². The van der Waals surface area contributed by atoms with Gasteiger partial charge in [-0.15, -0.1) is 0 Å². The maximum atomic E-state index is 13.5. The summed E-state index contributed by atoms with van der Waals surface area (Å²) in [5, 5.41) is 19.0. The molecule has 0 aliphatic carbocycles. The molecule has 0 saturated carbocycles. The van der Waals surface area contributed by atoms with E-state index in [0.717, 1.165) is 6.07 Å². The molecule has 2 N–H and O–H groups in total. The lowest BCUT2D eigenvalue weighted by atomic mass is 9.87. The molecule has 0 spiro atoms. The van der Waals surface area contributed by atoms with Crippen molar-refractivity contribution in [2.45, 2.75) is 20.0 Å². The van der Waals surface area contributed by atoms with Gasteiger partial charge in [-0.25, -0.2) is 4.39 Å². The fourth-order valence-electron chi connectivity index (χ4n) is 1.52. The molecule has 0 aliphatic rings. The van der Waals surface area contributed by atoms with Gasteiger partial charge in [-0.3, -0.25) is 4.79 Å². The first-order valence-electron chi connectivity index (χ1n) is 5.20. The van der Waals surface area contributed by atoms with Crippen LogP contribution in [0.2, 0.25) is 5.02 Å². The molecule has 0 aliphatic heterocycles. The first-order valence-corrected chi connectivity index (χ1v) is 5.58. The first kappa shape index (κ1) is 13.9. The quantitative estimate of drug-likeness (QED) is 0.875. The van der Waals surface area contributed by atoms with E-state index < -0.39 is 29.7 Å². The van der Waals surface area contributed by atoms with Gasteiger partial charge in [0.05, 0.1) is 12.0 Å². The number of hydrogen-bond acceptors (Lipinski definition) is 2. The lowest BCUT2D eigenvalue weighted by molar-refractivity contribution is -0.144. The molecule has 17 heavy (non-hydrogen) atoms. The second-order valence-corrected chi connectivity index (χ2v) is 4.53. The van der Waals surface area contributed by atoms with Crippen molar-refractivity contribution in [2.24, 2.45) is 11.8 Å². The van der Waals surface area contributed by atoms with Crippen LogP contribution in [0.4, 0.5) is 4.39 Å². The van der Waals surface area contributed by atoms with Crippen LogP contribution in [0, 0.1) is 17.7 Å². The number of hydrogen-bond donors (Lipinski definition) is 2. The second kappa shape index (κ2) is 5.47. The van der Waals surface area contributed by atoms with Gasteiger partial charge in [0.25, 0.3) is 0 Å². The number of halogens is 2. The van der Waals surface area contributed by atoms with Gasteiger partial charge in [0.1, 0.15) is 5.82 Å². The Bertz CT molecular complexity index is 422. The number of aliphatic carboxylic acids is 1. The SMILES string of the molecule is CC(C(=O)O)C(C)C(O)c1ccc(Cl)cc1F. The number of aliphatic hydroxyl groups excluding tert-OH is 1. The third-order valence-electron chi connectivity index (χ3n) is 2.96. The van der Waals surface area contributed by atoms with Crippen molar-refractivity contribution < 1.29 is 19.4 Å². The molecule has 94 valence electrons. The van der Waals surface area contributed by atoms with Crippen LogP contribution in [0.5, 0.6) is 0 Å². The Morgan fingerprint density at radius 1 is 1.41 bits per heavy atom. The lowest BCUT2D eigenvalue weighted by Crippen LogP contribution is -2.24. The molecular weight excluding hydrogens is 247 g/mol. The Balaban J connectivity index is 2.96. The fourth-order valence-corrected chi connectivity index (χ4v) is 1.68. The van der Waals surface area contributed by atoms with Crippen molar-refractivity contribution in [3.8, 4) is 0 Å². The van der Waals surface area contributed by atoms with E-state index in [4.69, 9.17) is 16.7 Å². The molecule has 1 aromatic rings. The Hall–Kier alpha value is -1.13. The van der Waals surface area contributed by atoms with Crippen LogP contribution in [0.25, 0.3) is 0 Å². The standard InChI is InChI=1S/C12H14ClFO3/c1-6(7(2)12(16)17)11(15)9-4-3-8(13)5-10(9)14/h3-7,11,15H,1-2H3,(H,16,17). The van der Waals surface area contributed by atoms with Crippen molar-refractivity contribution >= 4 is 17.6 Å². The molecule has 0 amide bonds. The molecule has 0 saturated heterocycles. The van der Waals surface area contributed by atoms with Gasteiger partial charge >= 0.3 is 5.97 Å². The summed E-state index contributed by atoms with van der Waals surface area (Å²) in [4.78, 5) is 10.8. The van der Waals surface area contributed by atoms with Gasteiger partial charge in [-0.05, 0) is 18.1 Å². The van der Waals surface area contributed by atoms with Crippen LogP contribution in [-0.2, 0) is 4.79 Å². The molecule has 5 heteroatoms. The summed E-state index contributed by atoms with van der Waals surface area (Å²) < 4.78 is 13.5. The maximum Gasteiger partial charge on any atom is 0.306 e. The van der Waals surface area contributed by atoms with E-state index in [-0.39, 0.29) is 10.6 Å².